The molecule has 7 nitrogen and oxygen atoms in total. The Morgan fingerprint density at radius 1 is 0.767 bits per heavy atom. The average Bonchev–Trinajstić information content (AvgIpc) is 3.10. The largest absolute Gasteiger partial charge is 0.368 e. The molecule has 0 aromatic heterocycles. The molecule has 3 saturated heterocycles. The maximum absolute atomic E-state index is 13.2. The van der Waals surface area contributed by atoms with Gasteiger partial charge >= 0.3 is 0 Å². The number of para-hydroxylation sites is 1. The highest BCUT2D eigenvalue weighted by Gasteiger charge is 2.37. The van der Waals surface area contributed by atoms with Gasteiger partial charge < -0.3 is 9.80 Å². The van der Waals surface area contributed by atoms with E-state index < -0.39 is 10.2 Å². The number of amides is 1. The van der Waals surface area contributed by atoms with Crippen molar-refractivity contribution in [1.82, 2.24) is 13.5 Å². The van der Waals surface area contributed by atoms with Crippen LogP contribution in [-0.4, -0.2) is 80.2 Å². The van der Waals surface area contributed by atoms with Crippen molar-refractivity contribution in [1.29, 1.82) is 0 Å². The summed E-state index contributed by atoms with van der Waals surface area (Å²) in [6.45, 7) is 5.11. The first-order valence-electron chi connectivity index (χ1n) is 11.4. The molecular weight excluding hydrogens is 400 g/mol. The Bertz CT molecular complexity index is 801. The SMILES string of the molecule is O=C(C1CCCN(S(=O)(=O)N2CCCCCC2)C1)N1CCN(c2ccccc2)CC1. The molecule has 166 valence electrons. The van der Waals surface area contributed by atoms with Crippen molar-refractivity contribution in [3.63, 3.8) is 0 Å². The molecule has 0 aliphatic carbocycles. The summed E-state index contributed by atoms with van der Waals surface area (Å²) in [7, 11) is -3.46. The Morgan fingerprint density at radius 2 is 1.40 bits per heavy atom. The lowest BCUT2D eigenvalue weighted by Gasteiger charge is -2.40. The summed E-state index contributed by atoms with van der Waals surface area (Å²) in [5, 5.41) is 0. The van der Waals surface area contributed by atoms with Crippen molar-refractivity contribution in [2.45, 2.75) is 38.5 Å². The third-order valence-corrected chi connectivity index (χ3v) is 8.67. The highest BCUT2D eigenvalue weighted by molar-refractivity contribution is 7.86. The van der Waals surface area contributed by atoms with E-state index in [4.69, 9.17) is 0 Å². The third kappa shape index (κ3) is 4.81. The summed E-state index contributed by atoms with van der Waals surface area (Å²) in [5.74, 6) is -0.0951. The summed E-state index contributed by atoms with van der Waals surface area (Å²) in [6.07, 6.45) is 5.60. The number of anilines is 1. The number of carbonyl (C=O) groups is 1. The summed E-state index contributed by atoms with van der Waals surface area (Å²) >= 11 is 0. The maximum atomic E-state index is 13.2. The molecule has 8 heteroatoms. The fraction of sp³-hybridized carbons (Fsp3) is 0.682. The van der Waals surface area contributed by atoms with Crippen LogP contribution >= 0.6 is 0 Å². The molecule has 3 fully saturated rings. The van der Waals surface area contributed by atoms with Crippen molar-refractivity contribution in [3.8, 4) is 0 Å². The molecular formula is C22H34N4O3S. The molecule has 1 amide bonds. The summed E-state index contributed by atoms with van der Waals surface area (Å²) in [6, 6.07) is 10.3. The zero-order valence-corrected chi connectivity index (χ0v) is 18.6. The van der Waals surface area contributed by atoms with Crippen LogP contribution in [0.2, 0.25) is 0 Å². The number of nitrogens with zero attached hydrogens (tertiary/aromatic N) is 4. The standard InChI is InChI=1S/C22H34N4O3S/c27-22(24-17-15-23(16-18-24)21-10-4-3-5-11-21)20-9-8-14-26(19-20)30(28,29)25-12-6-1-2-7-13-25/h3-5,10-11,20H,1-2,6-9,12-19H2. The highest BCUT2D eigenvalue weighted by Crippen LogP contribution is 2.25. The lowest BCUT2D eigenvalue weighted by Crippen LogP contribution is -2.54. The van der Waals surface area contributed by atoms with E-state index in [0.717, 1.165) is 51.6 Å². The van der Waals surface area contributed by atoms with Gasteiger partial charge in [-0.25, -0.2) is 0 Å². The minimum Gasteiger partial charge on any atom is -0.368 e. The molecule has 1 unspecified atom stereocenters. The van der Waals surface area contributed by atoms with Gasteiger partial charge in [-0.3, -0.25) is 4.79 Å². The van der Waals surface area contributed by atoms with E-state index in [1.165, 1.54) is 5.69 Å². The van der Waals surface area contributed by atoms with E-state index in [0.29, 0.717) is 39.3 Å². The van der Waals surface area contributed by atoms with E-state index in [2.05, 4.69) is 17.0 Å². The number of carbonyl (C=O) groups excluding carboxylic acids is 1. The van der Waals surface area contributed by atoms with Gasteiger partial charge in [-0.05, 0) is 37.8 Å². The number of hydrogen-bond donors (Lipinski definition) is 0. The van der Waals surface area contributed by atoms with Crippen LogP contribution in [0.25, 0.3) is 0 Å². The molecule has 1 aromatic carbocycles. The molecule has 0 N–H and O–H groups in total. The molecule has 3 aliphatic heterocycles. The van der Waals surface area contributed by atoms with Crippen LogP contribution in [0.4, 0.5) is 5.69 Å². The van der Waals surface area contributed by atoms with Crippen LogP contribution in [0.3, 0.4) is 0 Å². The molecule has 3 heterocycles. The first-order chi connectivity index (χ1) is 14.6. The van der Waals surface area contributed by atoms with E-state index in [1.54, 1.807) is 8.61 Å². The van der Waals surface area contributed by atoms with Gasteiger partial charge in [-0.2, -0.15) is 17.0 Å². The highest BCUT2D eigenvalue weighted by atomic mass is 32.2. The Balaban J connectivity index is 1.34. The lowest BCUT2D eigenvalue weighted by atomic mass is 9.97. The normalized spacial score (nSPS) is 25.1. The number of piperazine rings is 1. The second-order valence-corrected chi connectivity index (χ2v) is 10.6. The zero-order valence-electron chi connectivity index (χ0n) is 17.8. The van der Waals surface area contributed by atoms with Crippen LogP contribution in [0.1, 0.15) is 38.5 Å². The second-order valence-electron chi connectivity index (χ2n) is 8.67. The van der Waals surface area contributed by atoms with Crippen molar-refractivity contribution in [3.05, 3.63) is 30.3 Å². The monoisotopic (exact) mass is 434 g/mol. The Morgan fingerprint density at radius 3 is 2.07 bits per heavy atom. The molecule has 0 saturated carbocycles. The molecule has 3 aliphatic rings. The zero-order chi connectivity index (χ0) is 21.0. The topological polar surface area (TPSA) is 64.2 Å². The van der Waals surface area contributed by atoms with E-state index in [1.807, 2.05) is 23.1 Å². The molecule has 30 heavy (non-hydrogen) atoms. The van der Waals surface area contributed by atoms with Crippen molar-refractivity contribution in [2.24, 2.45) is 5.92 Å². The molecule has 4 rings (SSSR count). The first-order valence-corrected chi connectivity index (χ1v) is 12.8. The number of rotatable bonds is 4. The van der Waals surface area contributed by atoms with E-state index >= 15 is 0 Å². The fourth-order valence-corrected chi connectivity index (χ4v) is 6.65. The van der Waals surface area contributed by atoms with Crippen LogP contribution in [0.5, 0.6) is 0 Å². The van der Waals surface area contributed by atoms with Gasteiger partial charge in [0.25, 0.3) is 10.2 Å². The summed E-state index contributed by atoms with van der Waals surface area (Å²) < 4.78 is 29.5. The van der Waals surface area contributed by atoms with Crippen LogP contribution in [0.15, 0.2) is 30.3 Å². The maximum Gasteiger partial charge on any atom is 0.281 e. The second kappa shape index (κ2) is 9.66. The predicted molar refractivity (Wildman–Crippen MR) is 118 cm³/mol. The Hall–Kier alpha value is -1.64. The van der Waals surface area contributed by atoms with Crippen molar-refractivity contribution >= 4 is 21.8 Å². The van der Waals surface area contributed by atoms with E-state index in [-0.39, 0.29) is 11.8 Å². The van der Waals surface area contributed by atoms with E-state index in [9.17, 15) is 13.2 Å². The third-order valence-electron chi connectivity index (χ3n) is 6.66. The quantitative estimate of drug-likeness (QED) is 0.729. The van der Waals surface area contributed by atoms with Gasteiger partial charge in [0.15, 0.2) is 0 Å². The van der Waals surface area contributed by atoms with Crippen LogP contribution in [0, 0.1) is 5.92 Å². The molecule has 0 spiro atoms. The summed E-state index contributed by atoms with van der Waals surface area (Å²) in [4.78, 5) is 17.4. The Kier molecular flexibility index (Phi) is 6.95. The van der Waals surface area contributed by atoms with Gasteiger partial charge in [0.1, 0.15) is 0 Å². The number of hydrogen-bond acceptors (Lipinski definition) is 4. The van der Waals surface area contributed by atoms with Gasteiger partial charge in [-0.1, -0.05) is 31.0 Å². The molecule has 0 radical (unpaired) electrons. The van der Waals surface area contributed by atoms with Crippen molar-refractivity contribution in [2.75, 3.05) is 57.3 Å². The Labute approximate surface area is 180 Å². The van der Waals surface area contributed by atoms with Crippen LogP contribution < -0.4 is 4.90 Å². The fourth-order valence-electron chi connectivity index (χ4n) is 4.87. The average molecular weight is 435 g/mol. The lowest BCUT2D eigenvalue weighted by molar-refractivity contribution is -0.137. The van der Waals surface area contributed by atoms with Gasteiger partial charge in [0, 0.05) is 58.0 Å². The number of benzene rings is 1. The van der Waals surface area contributed by atoms with Gasteiger partial charge in [0.2, 0.25) is 5.91 Å². The molecule has 1 atom stereocenters. The minimum absolute atomic E-state index is 0.124. The van der Waals surface area contributed by atoms with Gasteiger partial charge in [-0.15, -0.1) is 0 Å². The number of piperidine rings is 1. The smallest absolute Gasteiger partial charge is 0.281 e. The predicted octanol–water partition coefficient (Wildman–Crippen LogP) is 2.17. The van der Waals surface area contributed by atoms with Gasteiger partial charge in [0.05, 0.1) is 5.92 Å². The minimum atomic E-state index is -3.46. The summed E-state index contributed by atoms with van der Waals surface area (Å²) in [5.41, 5.74) is 1.19. The van der Waals surface area contributed by atoms with Crippen molar-refractivity contribution < 1.29 is 13.2 Å². The molecule has 0 bridgehead atoms. The molecule has 1 aromatic rings. The first kappa shape index (κ1) is 21.6. The van der Waals surface area contributed by atoms with Crippen LogP contribution in [-0.2, 0) is 15.0 Å².